The van der Waals surface area contributed by atoms with Gasteiger partial charge in [-0.3, -0.25) is 4.79 Å². The van der Waals surface area contributed by atoms with Crippen LogP contribution in [0.3, 0.4) is 0 Å². The highest BCUT2D eigenvalue weighted by Gasteiger charge is 2.38. The fraction of sp³-hybridized carbons (Fsp3) is 0.500. The number of hydrogen-bond donors (Lipinski definition) is 1. The number of hydrogen-bond acceptors (Lipinski definition) is 5. The topological polar surface area (TPSA) is 97.4 Å². The molecule has 6 nitrogen and oxygen atoms in total. The number of rotatable bonds is 4. The fourth-order valence-electron chi connectivity index (χ4n) is 2.54. The monoisotopic (exact) mass is 377 g/mol. The maximum absolute atomic E-state index is 12.6. The van der Waals surface area contributed by atoms with E-state index in [-0.39, 0.29) is 39.4 Å². The van der Waals surface area contributed by atoms with Crippen molar-refractivity contribution in [2.45, 2.75) is 35.4 Å². The third kappa shape index (κ3) is 3.54. The largest absolute Gasteiger partial charge is 0.349 e. The minimum atomic E-state index is -3.81. The number of carbonyl (C=O) groups excluding carboxylic acids is 1. The van der Waals surface area contributed by atoms with E-state index in [4.69, 9.17) is 11.6 Å². The average Bonchev–Trinajstić information content (AvgIpc) is 3.19. The molecule has 1 heterocycles. The van der Waals surface area contributed by atoms with Crippen LogP contribution in [-0.2, 0) is 19.7 Å². The molecule has 1 unspecified atom stereocenters. The van der Waals surface area contributed by atoms with Gasteiger partial charge in [-0.15, -0.1) is 0 Å². The van der Waals surface area contributed by atoms with Gasteiger partial charge in [0.05, 0.1) is 32.2 Å². The fourth-order valence-corrected chi connectivity index (χ4v) is 7.13. The van der Waals surface area contributed by atoms with Crippen LogP contribution in [0.2, 0.25) is 5.02 Å². The summed E-state index contributed by atoms with van der Waals surface area (Å²) in [4.78, 5) is 12.1. The Morgan fingerprint density at radius 3 is 2.48 bits per heavy atom. The van der Waals surface area contributed by atoms with Gasteiger partial charge in [-0.1, -0.05) is 11.6 Å². The highest BCUT2D eigenvalue weighted by molar-refractivity contribution is 7.96. The summed E-state index contributed by atoms with van der Waals surface area (Å²) in [5.41, 5.74) is 0.0977. The molecular weight excluding hydrogens is 362 g/mol. The Morgan fingerprint density at radius 2 is 1.91 bits per heavy atom. The number of benzene rings is 1. The van der Waals surface area contributed by atoms with Crippen molar-refractivity contribution in [1.29, 1.82) is 0 Å². The standard InChI is InChI=1S/C14H16ClNO5S2/c15-13-4-3-10(7-12(13)14(17)16-9-1-2-9)23(20,21)11-5-6-22(18,19)8-11/h3-4,7,9,11H,1-2,5-6,8H2,(H,16,17). The van der Waals surface area contributed by atoms with Crippen LogP contribution in [0.15, 0.2) is 23.1 Å². The molecule has 1 aromatic rings. The first kappa shape index (κ1) is 16.7. The Labute approximate surface area is 140 Å². The quantitative estimate of drug-likeness (QED) is 0.850. The van der Waals surface area contributed by atoms with Crippen LogP contribution in [0.25, 0.3) is 0 Å². The minimum absolute atomic E-state index is 0.0649. The van der Waals surface area contributed by atoms with E-state index < -0.39 is 30.8 Å². The smallest absolute Gasteiger partial charge is 0.253 e. The molecule has 126 valence electrons. The molecule has 1 saturated carbocycles. The second-order valence-electron chi connectivity index (χ2n) is 5.96. The molecule has 2 fully saturated rings. The summed E-state index contributed by atoms with van der Waals surface area (Å²) < 4.78 is 48.3. The van der Waals surface area contributed by atoms with Crippen LogP contribution in [-0.4, -0.2) is 45.5 Å². The summed E-state index contributed by atoms with van der Waals surface area (Å²) in [5, 5.41) is 1.96. The van der Waals surface area contributed by atoms with Crippen molar-refractivity contribution < 1.29 is 21.6 Å². The molecule has 1 aromatic carbocycles. The molecule has 1 N–H and O–H groups in total. The Kier molecular flexibility index (Phi) is 4.18. The Hall–Kier alpha value is -1.12. The van der Waals surface area contributed by atoms with Crippen LogP contribution in [0, 0.1) is 0 Å². The summed E-state index contributed by atoms with van der Waals surface area (Å²) in [6.07, 6.45) is 1.89. The Bertz CT molecular complexity index is 859. The SMILES string of the molecule is O=C(NC1CC1)c1cc(S(=O)(=O)C2CCS(=O)(=O)C2)ccc1Cl. The molecule has 9 heteroatoms. The predicted molar refractivity (Wildman–Crippen MR) is 86.2 cm³/mol. The van der Waals surface area contributed by atoms with Crippen LogP contribution >= 0.6 is 11.6 Å². The van der Waals surface area contributed by atoms with Gasteiger partial charge in [0.25, 0.3) is 5.91 Å². The molecule has 0 bridgehead atoms. The van der Waals surface area contributed by atoms with Crippen LogP contribution in [0.4, 0.5) is 0 Å². The lowest BCUT2D eigenvalue weighted by molar-refractivity contribution is 0.0951. The van der Waals surface area contributed by atoms with Gasteiger partial charge in [0.2, 0.25) is 0 Å². The van der Waals surface area contributed by atoms with Crippen molar-refractivity contribution in [3.63, 3.8) is 0 Å². The van der Waals surface area contributed by atoms with E-state index >= 15 is 0 Å². The zero-order chi connectivity index (χ0) is 16.8. The molecule has 2 aliphatic rings. The third-order valence-corrected chi connectivity index (χ3v) is 8.55. The molecule has 1 atom stereocenters. The summed E-state index contributed by atoms with van der Waals surface area (Å²) >= 11 is 6.00. The van der Waals surface area contributed by atoms with E-state index in [1.54, 1.807) is 0 Å². The Morgan fingerprint density at radius 1 is 1.22 bits per heavy atom. The molecule has 0 aromatic heterocycles. The van der Waals surface area contributed by atoms with E-state index in [1.165, 1.54) is 18.2 Å². The normalized spacial score (nSPS) is 23.6. The van der Waals surface area contributed by atoms with Gasteiger partial charge >= 0.3 is 0 Å². The van der Waals surface area contributed by atoms with Crippen LogP contribution < -0.4 is 5.32 Å². The van der Waals surface area contributed by atoms with E-state index in [2.05, 4.69) is 5.32 Å². The van der Waals surface area contributed by atoms with E-state index in [0.29, 0.717) is 0 Å². The maximum Gasteiger partial charge on any atom is 0.253 e. The minimum Gasteiger partial charge on any atom is -0.349 e. The van der Waals surface area contributed by atoms with Gasteiger partial charge in [-0.25, -0.2) is 16.8 Å². The van der Waals surface area contributed by atoms with Crippen LogP contribution in [0.1, 0.15) is 29.6 Å². The lowest BCUT2D eigenvalue weighted by atomic mass is 10.2. The van der Waals surface area contributed by atoms with Crippen molar-refractivity contribution >= 4 is 37.2 Å². The maximum atomic E-state index is 12.6. The molecule has 1 saturated heterocycles. The lowest BCUT2D eigenvalue weighted by Crippen LogP contribution is -2.27. The first-order valence-corrected chi connectivity index (χ1v) is 11.0. The number of nitrogens with one attached hydrogen (secondary N) is 1. The number of carbonyl (C=O) groups is 1. The third-order valence-electron chi connectivity index (χ3n) is 4.05. The molecule has 3 rings (SSSR count). The van der Waals surface area contributed by atoms with Gasteiger partial charge < -0.3 is 5.32 Å². The molecule has 1 aliphatic carbocycles. The van der Waals surface area contributed by atoms with Gasteiger partial charge in [0, 0.05) is 6.04 Å². The van der Waals surface area contributed by atoms with Crippen molar-refractivity contribution in [3.05, 3.63) is 28.8 Å². The number of halogens is 1. The second-order valence-corrected chi connectivity index (χ2v) is 10.8. The van der Waals surface area contributed by atoms with E-state index in [1.807, 2.05) is 0 Å². The van der Waals surface area contributed by atoms with Crippen molar-refractivity contribution in [2.75, 3.05) is 11.5 Å². The lowest BCUT2D eigenvalue weighted by Gasteiger charge is -2.12. The van der Waals surface area contributed by atoms with Crippen molar-refractivity contribution in [1.82, 2.24) is 5.32 Å². The summed E-state index contributed by atoms with van der Waals surface area (Å²) in [6.45, 7) is 0. The zero-order valence-corrected chi connectivity index (χ0v) is 14.5. The molecule has 0 spiro atoms. The Balaban J connectivity index is 1.91. The molecule has 23 heavy (non-hydrogen) atoms. The molecular formula is C14H16ClNO5S2. The molecule has 0 radical (unpaired) electrons. The summed E-state index contributed by atoms with van der Waals surface area (Å²) in [7, 11) is -7.13. The number of sulfone groups is 2. The van der Waals surface area contributed by atoms with Gasteiger partial charge in [-0.05, 0) is 37.5 Å². The summed E-state index contributed by atoms with van der Waals surface area (Å²) in [6, 6.07) is 4.04. The average molecular weight is 378 g/mol. The first-order valence-electron chi connectivity index (χ1n) is 7.24. The summed E-state index contributed by atoms with van der Waals surface area (Å²) in [5.74, 6) is -0.908. The molecule has 1 aliphatic heterocycles. The van der Waals surface area contributed by atoms with Crippen molar-refractivity contribution in [3.8, 4) is 0 Å². The molecule has 1 amide bonds. The van der Waals surface area contributed by atoms with Crippen LogP contribution in [0.5, 0.6) is 0 Å². The highest BCUT2D eigenvalue weighted by atomic mass is 35.5. The second kappa shape index (κ2) is 5.75. The first-order chi connectivity index (χ1) is 10.7. The van der Waals surface area contributed by atoms with E-state index in [0.717, 1.165) is 12.8 Å². The van der Waals surface area contributed by atoms with E-state index in [9.17, 15) is 21.6 Å². The van der Waals surface area contributed by atoms with Gasteiger partial charge in [0.1, 0.15) is 0 Å². The van der Waals surface area contributed by atoms with Gasteiger partial charge in [0.15, 0.2) is 19.7 Å². The predicted octanol–water partition coefficient (Wildman–Crippen LogP) is 1.19. The number of amides is 1. The van der Waals surface area contributed by atoms with Crippen molar-refractivity contribution in [2.24, 2.45) is 0 Å². The van der Waals surface area contributed by atoms with Gasteiger partial charge in [-0.2, -0.15) is 0 Å². The zero-order valence-electron chi connectivity index (χ0n) is 12.2. The highest BCUT2D eigenvalue weighted by Crippen LogP contribution is 2.29.